The molecule has 0 aromatic carbocycles. The summed E-state index contributed by atoms with van der Waals surface area (Å²) in [5.74, 6) is -1.29. The summed E-state index contributed by atoms with van der Waals surface area (Å²) in [6.07, 6.45) is 3.21. The molecular formula is C11H21NO4S. The van der Waals surface area contributed by atoms with Crippen molar-refractivity contribution in [1.82, 2.24) is 4.72 Å². The Balaban J connectivity index is 3.92. The van der Waals surface area contributed by atoms with Crippen molar-refractivity contribution in [2.24, 2.45) is 5.92 Å². The number of aliphatic carboxylic acids is 1. The molecule has 100 valence electrons. The van der Waals surface area contributed by atoms with Crippen molar-refractivity contribution in [3.05, 3.63) is 12.7 Å². The number of hydrogen-bond donors (Lipinski definition) is 2. The van der Waals surface area contributed by atoms with Gasteiger partial charge in [-0.25, -0.2) is 13.1 Å². The van der Waals surface area contributed by atoms with Crippen LogP contribution in [0, 0.1) is 5.92 Å². The number of nitrogens with one attached hydrogen (secondary N) is 1. The van der Waals surface area contributed by atoms with Gasteiger partial charge in [0, 0.05) is 6.04 Å². The van der Waals surface area contributed by atoms with Gasteiger partial charge in [-0.2, -0.15) is 0 Å². The first-order valence-electron chi connectivity index (χ1n) is 5.62. The van der Waals surface area contributed by atoms with Gasteiger partial charge in [-0.1, -0.05) is 19.4 Å². The van der Waals surface area contributed by atoms with Gasteiger partial charge in [0.05, 0.1) is 11.7 Å². The topological polar surface area (TPSA) is 83.5 Å². The minimum atomic E-state index is -3.28. The summed E-state index contributed by atoms with van der Waals surface area (Å²) in [4.78, 5) is 10.6. The average Bonchev–Trinajstić information content (AvgIpc) is 2.15. The first kappa shape index (κ1) is 16.1. The number of sulfonamides is 1. The fourth-order valence-corrected chi connectivity index (χ4v) is 2.56. The number of carbonyl (C=O) groups is 1. The summed E-state index contributed by atoms with van der Waals surface area (Å²) in [6, 6.07) is -0.180. The maximum atomic E-state index is 11.4. The second-order valence-electron chi connectivity index (χ2n) is 4.26. The molecule has 0 aromatic rings. The van der Waals surface area contributed by atoms with Crippen molar-refractivity contribution < 1.29 is 18.3 Å². The Labute approximate surface area is 103 Å². The van der Waals surface area contributed by atoms with Gasteiger partial charge < -0.3 is 5.11 Å². The zero-order chi connectivity index (χ0) is 13.5. The number of carboxylic acids is 1. The van der Waals surface area contributed by atoms with Gasteiger partial charge in [-0.15, -0.1) is 6.58 Å². The maximum Gasteiger partial charge on any atom is 0.306 e. The van der Waals surface area contributed by atoms with Crippen molar-refractivity contribution in [1.29, 1.82) is 0 Å². The van der Waals surface area contributed by atoms with Crippen LogP contribution in [-0.2, 0) is 14.8 Å². The molecule has 0 amide bonds. The molecule has 6 heteroatoms. The maximum absolute atomic E-state index is 11.4. The lowest BCUT2D eigenvalue weighted by atomic mass is 10.0. The van der Waals surface area contributed by atoms with Crippen LogP contribution in [0.1, 0.15) is 33.1 Å². The van der Waals surface area contributed by atoms with Crippen molar-refractivity contribution >= 4 is 16.0 Å². The highest BCUT2D eigenvalue weighted by Gasteiger charge is 2.14. The van der Waals surface area contributed by atoms with Gasteiger partial charge in [-0.05, 0) is 19.8 Å². The normalized spacial score (nSPS) is 15.2. The SMILES string of the molecule is C=CCS(=O)(=O)NC(C)CCCC(C)C(=O)O. The second kappa shape index (κ2) is 7.45. The Bertz CT molecular complexity index is 350. The van der Waals surface area contributed by atoms with Gasteiger partial charge in [0.25, 0.3) is 0 Å². The van der Waals surface area contributed by atoms with Crippen LogP contribution in [0.4, 0.5) is 0 Å². The van der Waals surface area contributed by atoms with E-state index in [-0.39, 0.29) is 17.7 Å². The van der Waals surface area contributed by atoms with Crippen LogP contribution in [0.2, 0.25) is 0 Å². The van der Waals surface area contributed by atoms with Crippen LogP contribution in [0.3, 0.4) is 0 Å². The lowest BCUT2D eigenvalue weighted by Crippen LogP contribution is -2.33. The monoisotopic (exact) mass is 263 g/mol. The minimum absolute atomic E-state index is 0.0944. The first-order valence-corrected chi connectivity index (χ1v) is 7.27. The van der Waals surface area contributed by atoms with E-state index in [4.69, 9.17) is 5.11 Å². The molecule has 0 fully saturated rings. The highest BCUT2D eigenvalue weighted by molar-refractivity contribution is 7.89. The highest BCUT2D eigenvalue weighted by atomic mass is 32.2. The molecule has 0 radical (unpaired) electrons. The minimum Gasteiger partial charge on any atom is -0.481 e. The fourth-order valence-electron chi connectivity index (χ4n) is 1.42. The Morgan fingerprint density at radius 2 is 2.00 bits per heavy atom. The van der Waals surface area contributed by atoms with E-state index in [0.29, 0.717) is 19.3 Å². The third-order valence-electron chi connectivity index (χ3n) is 2.41. The smallest absolute Gasteiger partial charge is 0.306 e. The molecule has 0 bridgehead atoms. The van der Waals surface area contributed by atoms with E-state index in [0.717, 1.165) is 0 Å². The average molecular weight is 263 g/mol. The summed E-state index contributed by atoms with van der Waals surface area (Å²) >= 11 is 0. The van der Waals surface area contributed by atoms with Crippen LogP contribution in [0.5, 0.6) is 0 Å². The third-order valence-corrected chi connectivity index (χ3v) is 3.85. The molecule has 0 saturated carbocycles. The van der Waals surface area contributed by atoms with Crippen LogP contribution in [-0.4, -0.2) is 31.3 Å². The third kappa shape index (κ3) is 7.93. The molecule has 0 aliphatic carbocycles. The van der Waals surface area contributed by atoms with Crippen LogP contribution in [0.15, 0.2) is 12.7 Å². The summed E-state index contributed by atoms with van der Waals surface area (Å²) in [5, 5.41) is 8.68. The molecule has 0 rings (SSSR count). The van der Waals surface area contributed by atoms with Crippen molar-refractivity contribution in [3.63, 3.8) is 0 Å². The van der Waals surface area contributed by atoms with E-state index in [1.54, 1.807) is 13.8 Å². The Morgan fingerprint density at radius 1 is 1.41 bits per heavy atom. The number of hydrogen-bond acceptors (Lipinski definition) is 3. The molecule has 0 aliphatic rings. The van der Waals surface area contributed by atoms with E-state index in [9.17, 15) is 13.2 Å². The molecule has 0 spiro atoms. The van der Waals surface area contributed by atoms with Crippen LogP contribution >= 0.6 is 0 Å². The molecule has 0 saturated heterocycles. The van der Waals surface area contributed by atoms with Crippen molar-refractivity contribution in [2.75, 3.05) is 5.75 Å². The van der Waals surface area contributed by atoms with Gasteiger partial charge in [0.15, 0.2) is 0 Å². The van der Waals surface area contributed by atoms with E-state index >= 15 is 0 Å². The summed E-state index contributed by atoms with van der Waals surface area (Å²) < 4.78 is 25.3. The van der Waals surface area contributed by atoms with E-state index < -0.39 is 16.0 Å². The molecule has 5 nitrogen and oxygen atoms in total. The molecule has 2 atom stereocenters. The summed E-state index contributed by atoms with van der Waals surface area (Å²) in [7, 11) is -3.28. The van der Waals surface area contributed by atoms with Gasteiger partial charge in [0.1, 0.15) is 0 Å². The Morgan fingerprint density at radius 3 is 2.47 bits per heavy atom. The summed E-state index contributed by atoms with van der Waals surface area (Å²) in [6.45, 7) is 6.79. The molecule has 2 unspecified atom stereocenters. The predicted molar refractivity (Wildman–Crippen MR) is 67.2 cm³/mol. The zero-order valence-corrected chi connectivity index (χ0v) is 11.2. The van der Waals surface area contributed by atoms with Crippen LogP contribution < -0.4 is 4.72 Å². The molecule has 0 aromatic heterocycles. The lowest BCUT2D eigenvalue weighted by molar-refractivity contribution is -0.141. The fraction of sp³-hybridized carbons (Fsp3) is 0.727. The standard InChI is InChI=1S/C11H21NO4S/c1-4-8-17(15,16)12-10(3)7-5-6-9(2)11(13)14/h4,9-10,12H,1,5-8H2,2-3H3,(H,13,14). The van der Waals surface area contributed by atoms with Gasteiger partial charge in [-0.3, -0.25) is 4.79 Å². The van der Waals surface area contributed by atoms with Crippen molar-refractivity contribution in [2.45, 2.75) is 39.2 Å². The highest BCUT2D eigenvalue weighted by Crippen LogP contribution is 2.10. The quantitative estimate of drug-likeness (QED) is 0.615. The molecule has 0 heterocycles. The zero-order valence-electron chi connectivity index (χ0n) is 10.3. The molecule has 0 aliphatic heterocycles. The number of rotatable bonds is 9. The molecule has 17 heavy (non-hydrogen) atoms. The second-order valence-corrected chi connectivity index (χ2v) is 6.06. The van der Waals surface area contributed by atoms with E-state index in [2.05, 4.69) is 11.3 Å². The number of carboxylic acid groups (broad SMARTS) is 1. The van der Waals surface area contributed by atoms with Gasteiger partial charge in [0.2, 0.25) is 10.0 Å². The largest absolute Gasteiger partial charge is 0.481 e. The van der Waals surface area contributed by atoms with Crippen molar-refractivity contribution in [3.8, 4) is 0 Å². The molecular weight excluding hydrogens is 242 g/mol. The Kier molecular flexibility index (Phi) is 7.06. The first-order chi connectivity index (χ1) is 7.78. The lowest BCUT2D eigenvalue weighted by Gasteiger charge is -2.14. The summed E-state index contributed by atoms with van der Waals surface area (Å²) in [5.41, 5.74) is 0. The van der Waals surface area contributed by atoms with E-state index in [1.165, 1.54) is 6.08 Å². The van der Waals surface area contributed by atoms with Gasteiger partial charge >= 0.3 is 5.97 Å². The predicted octanol–water partition coefficient (Wildman–Crippen LogP) is 1.37. The Hall–Kier alpha value is -0.880. The molecule has 2 N–H and O–H groups in total. The van der Waals surface area contributed by atoms with Crippen LogP contribution in [0.25, 0.3) is 0 Å². The van der Waals surface area contributed by atoms with E-state index in [1.807, 2.05) is 0 Å².